The molecule has 0 amide bonds. The Bertz CT molecular complexity index is 336. The van der Waals surface area contributed by atoms with Crippen LogP contribution in [0.25, 0.3) is 0 Å². The van der Waals surface area contributed by atoms with Crippen molar-refractivity contribution < 1.29 is 0 Å². The zero-order valence-electron chi connectivity index (χ0n) is 7.84. The van der Waals surface area contributed by atoms with Gasteiger partial charge in [0.05, 0.1) is 0 Å². The van der Waals surface area contributed by atoms with Crippen molar-refractivity contribution in [2.45, 2.75) is 25.3 Å². The van der Waals surface area contributed by atoms with Gasteiger partial charge in [0.2, 0.25) is 0 Å². The van der Waals surface area contributed by atoms with Crippen molar-refractivity contribution in [1.82, 2.24) is 0 Å². The Balaban J connectivity index is 2.24. The van der Waals surface area contributed by atoms with Crippen LogP contribution in [0.4, 0.5) is 0 Å². The van der Waals surface area contributed by atoms with Gasteiger partial charge in [0.1, 0.15) is 0 Å². The Hall–Kier alpha value is -0.0500. The van der Waals surface area contributed by atoms with Crippen LogP contribution in [-0.4, -0.2) is 0 Å². The van der Waals surface area contributed by atoms with E-state index in [0.29, 0.717) is 5.92 Å². The Morgan fingerprint density at radius 3 is 2.71 bits per heavy atom. The van der Waals surface area contributed by atoms with Crippen LogP contribution in [0.3, 0.4) is 0 Å². The average Bonchev–Trinajstić information content (AvgIpc) is 2.06. The third-order valence-electron chi connectivity index (χ3n) is 2.97. The number of hydrogen-bond donors (Lipinski definition) is 1. The van der Waals surface area contributed by atoms with Crippen molar-refractivity contribution in [2.24, 2.45) is 11.7 Å². The summed E-state index contributed by atoms with van der Waals surface area (Å²) in [5.41, 5.74) is 7.24. The molecular weight excluding hydrogens is 261 g/mol. The van der Waals surface area contributed by atoms with Gasteiger partial charge in [-0.25, -0.2) is 0 Å². The first kappa shape index (κ1) is 10.5. The van der Waals surface area contributed by atoms with Crippen LogP contribution < -0.4 is 5.73 Å². The van der Waals surface area contributed by atoms with E-state index in [-0.39, 0.29) is 6.04 Å². The SMILES string of the molecule is N[C@@H](c1cc(Br)ccc1Cl)C1CCC1. The summed E-state index contributed by atoms with van der Waals surface area (Å²) in [6.45, 7) is 0. The van der Waals surface area contributed by atoms with Crippen molar-refractivity contribution in [3.05, 3.63) is 33.3 Å². The van der Waals surface area contributed by atoms with Crippen molar-refractivity contribution in [3.63, 3.8) is 0 Å². The molecule has 0 saturated heterocycles. The van der Waals surface area contributed by atoms with E-state index in [2.05, 4.69) is 15.9 Å². The Morgan fingerprint density at radius 2 is 2.14 bits per heavy atom. The molecule has 0 radical (unpaired) electrons. The van der Waals surface area contributed by atoms with Gasteiger partial charge in [-0.1, -0.05) is 34.0 Å². The lowest BCUT2D eigenvalue weighted by Gasteiger charge is -2.32. The van der Waals surface area contributed by atoms with Gasteiger partial charge in [-0.3, -0.25) is 0 Å². The van der Waals surface area contributed by atoms with Gasteiger partial charge in [0.15, 0.2) is 0 Å². The van der Waals surface area contributed by atoms with E-state index < -0.39 is 0 Å². The summed E-state index contributed by atoms with van der Waals surface area (Å²) in [7, 11) is 0. The zero-order valence-corrected chi connectivity index (χ0v) is 10.2. The first-order valence-corrected chi connectivity index (χ1v) is 6.06. The molecule has 1 aromatic rings. The van der Waals surface area contributed by atoms with Crippen LogP contribution in [-0.2, 0) is 0 Å². The van der Waals surface area contributed by atoms with Gasteiger partial charge >= 0.3 is 0 Å². The lowest BCUT2D eigenvalue weighted by Crippen LogP contribution is -2.27. The minimum Gasteiger partial charge on any atom is -0.324 e. The van der Waals surface area contributed by atoms with Gasteiger partial charge in [-0.2, -0.15) is 0 Å². The minimum atomic E-state index is 0.105. The smallest absolute Gasteiger partial charge is 0.0454 e. The van der Waals surface area contributed by atoms with Crippen LogP contribution in [0, 0.1) is 5.92 Å². The molecule has 0 spiro atoms. The molecule has 1 nitrogen and oxygen atoms in total. The van der Waals surface area contributed by atoms with Crippen LogP contribution in [0.15, 0.2) is 22.7 Å². The van der Waals surface area contributed by atoms with E-state index in [4.69, 9.17) is 17.3 Å². The number of halogens is 2. The van der Waals surface area contributed by atoms with Crippen LogP contribution in [0.1, 0.15) is 30.9 Å². The molecule has 0 aromatic heterocycles. The van der Waals surface area contributed by atoms with Crippen LogP contribution in [0.2, 0.25) is 5.02 Å². The van der Waals surface area contributed by atoms with Crippen LogP contribution >= 0.6 is 27.5 Å². The summed E-state index contributed by atoms with van der Waals surface area (Å²) in [5, 5.41) is 0.785. The number of rotatable bonds is 2. The maximum atomic E-state index is 6.16. The van der Waals surface area contributed by atoms with Gasteiger partial charge in [-0.05, 0) is 42.5 Å². The number of nitrogens with two attached hydrogens (primary N) is 1. The molecular formula is C11H13BrClN. The molecule has 0 unspecified atom stereocenters. The van der Waals surface area contributed by atoms with Crippen molar-refractivity contribution in [2.75, 3.05) is 0 Å². The molecule has 2 N–H and O–H groups in total. The normalized spacial score (nSPS) is 19.1. The second-order valence-electron chi connectivity index (χ2n) is 3.88. The molecule has 1 saturated carbocycles. The molecule has 1 aliphatic rings. The van der Waals surface area contributed by atoms with Crippen molar-refractivity contribution in [1.29, 1.82) is 0 Å². The molecule has 1 aliphatic carbocycles. The number of hydrogen-bond acceptors (Lipinski definition) is 1. The van der Waals surface area contributed by atoms with Gasteiger partial charge in [0.25, 0.3) is 0 Å². The molecule has 2 rings (SSSR count). The molecule has 76 valence electrons. The summed E-state index contributed by atoms with van der Waals surface area (Å²) in [6, 6.07) is 5.98. The van der Waals surface area contributed by atoms with E-state index in [1.54, 1.807) is 0 Å². The lowest BCUT2D eigenvalue weighted by atomic mass is 9.77. The monoisotopic (exact) mass is 273 g/mol. The summed E-state index contributed by atoms with van der Waals surface area (Å²) >= 11 is 9.55. The van der Waals surface area contributed by atoms with Crippen molar-refractivity contribution >= 4 is 27.5 Å². The van der Waals surface area contributed by atoms with Gasteiger partial charge < -0.3 is 5.73 Å². The van der Waals surface area contributed by atoms with Gasteiger partial charge in [0, 0.05) is 15.5 Å². The lowest BCUT2D eigenvalue weighted by molar-refractivity contribution is 0.264. The third kappa shape index (κ3) is 1.97. The standard InChI is InChI=1S/C11H13BrClN/c12-8-4-5-10(13)9(6-8)11(14)7-2-1-3-7/h4-7,11H,1-3,14H2/t11-/m1/s1. The maximum absolute atomic E-state index is 6.16. The van der Waals surface area contributed by atoms with E-state index in [1.807, 2.05) is 18.2 Å². The Labute approximate surface area is 97.8 Å². The molecule has 3 heteroatoms. The second kappa shape index (κ2) is 4.21. The quantitative estimate of drug-likeness (QED) is 0.869. The van der Waals surface area contributed by atoms with E-state index in [0.717, 1.165) is 15.1 Å². The zero-order chi connectivity index (χ0) is 10.1. The van der Waals surface area contributed by atoms with E-state index in [9.17, 15) is 0 Å². The maximum Gasteiger partial charge on any atom is 0.0454 e. The fourth-order valence-corrected chi connectivity index (χ4v) is 2.45. The highest BCUT2D eigenvalue weighted by molar-refractivity contribution is 9.10. The highest BCUT2D eigenvalue weighted by atomic mass is 79.9. The van der Waals surface area contributed by atoms with E-state index >= 15 is 0 Å². The molecule has 14 heavy (non-hydrogen) atoms. The summed E-state index contributed by atoms with van der Waals surface area (Å²) in [4.78, 5) is 0. The second-order valence-corrected chi connectivity index (χ2v) is 5.21. The fraction of sp³-hybridized carbons (Fsp3) is 0.455. The summed E-state index contributed by atoms with van der Waals surface area (Å²) in [6.07, 6.45) is 3.79. The molecule has 0 bridgehead atoms. The molecule has 0 heterocycles. The number of benzene rings is 1. The highest BCUT2D eigenvalue weighted by Crippen LogP contribution is 2.38. The first-order valence-electron chi connectivity index (χ1n) is 4.89. The molecule has 1 atom stereocenters. The molecule has 0 aliphatic heterocycles. The fourth-order valence-electron chi connectivity index (χ4n) is 1.82. The Morgan fingerprint density at radius 1 is 1.43 bits per heavy atom. The Kier molecular flexibility index (Phi) is 3.15. The van der Waals surface area contributed by atoms with Crippen LogP contribution in [0.5, 0.6) is 0 Å². The van der Waals surface area contributed by atoms with Gasteiger partial charge in [-0.15, -0.1) is 0 Å². The predicted molar refractivity (Wildman–Crippen MR) is 63.4 cm³/mol. The highest BCUT2D eigenvalue weighted by Gasteiger charge is 2.26. The summed E-state index contributed by atoms with van der Waals surface area (Å²) in [5.74, 6) is 0.627. The third-order valence-corrected chi connectivity index (χ3v) is 3.81. The average molecular weight is 275 g/mol. The minimum absolute atomic E-state index is 0.105. The largest absolute Gasteiger partial charge is 0.324 e. The summed E-state index contributed by atoms with van der Waals surface area (Å²) < 4.78 is 1.05. The van der Waals surface area contributed by atoms with E-state index in [1.165, 1.54) is 19.3 Å². The molecule has 1 fully saturated rings. The first-order chi connectivity index (χ1) is 6.68. The topological polar surface area (TPSA) is 26.0 Å². The predicted octanol–water partition coefficient (Wildman–Crippen LogP) is 3.90. The molecule has 1 aromatic carbocycles. The van der Waals surface area contributed by atoms with Crippen molar-refractivity contribution in [3.8, 4) is 0 Å².